The molecule has 0 saturated carbocycles. The van der Waals surface area contributed by atoms with Gasteiger partial charge in [-0.25, -0.2) is 9.97 Å². The molecule has 0 radical (unpaired) electrons. The zero-order valence-electron chi connectivity index (χ0n) is 9.82. The molecule has 0 fully saturated rings. The monoisotopic (exact) mass is 264 g/mol. The Morgan fingerprint density at radius 1 is 1.00 bits per heavy atom. The van der Waals surface area contributed by atoms with E-state index in [4.69, 9.17) is 0 Å². The van der Waals surface area contributed by atoms with Crippen LogP contribution in [0.1, 0.15) is 5.56 Å². The summed E-state index contributed by atoms with van der Waals surface area (Å²) in [5.74, 6) is 0. The molecule has 4 nitrogen and oxygen atoms in total. The Morgan fingerprint density at radius 2 is 1.95 bits per heavy atom. The lowest BCUT2D eigenvalue weighted by molar-refractivity contribution is 1.23. The fraction of sp³-hybridized carbons (Fsp3) is 0. The molecule has 0 saturated heterocycles. The summed E-state index contributed by atoms with van der Waals surface area (Å²) in [4.78, 5) is 13.0. The summed E-state index contributed by atoms with van der Waals surface area (Å²) in [6.07, 6.45) is 3.43. The van der Waals surface area contributed by atoms with Crippen molar-refractivity contribution in [2.75, 3.05) is 0 Å². The molecule has 0 bridgehead atoms. The molecule has 3 rings (SSSR count). The third-order valence-electron chi connectivity index (χ3n) is 2.57. The molecule has 5 heteroatoms. The van der Waals surface area contributed by atoms with Crippen LogP contribution in [0.3, 0.4) is 0 Å². The molecule has 0 unspecified atom stereocenters. The third kappa shape index (κ3) is 2.21. The summed E-state index contributed by atoms with van der Waals surface area (Å²) in [7, 11) is 0. The summed E-state index contributed by atoms with van der Waals surface area (Å²) in [6.45, 7) is 0. The molecule has 0 aliphatic carbocycles. The fourth-order valence-electron chi connectivity index (χ4n) is 1.72. The molecule has 0 N–H and O–H groups in total. The van der Waals surface area contributed by atoms with E-state index in [1.54, 1.807) is 18.5 Å². The van der Waals surface area contributed by atoms with Crippen LogP contribution in [0.4, 0.5) is 0 Å². The third-order valence-corrected chi connectivity index (χ3v) is 3.37. The zero-order chi connectivity index (χ0) is 13.1. The molecule has 0 aliphatic heterocycles. The molecule has 0 aromatic carbocycles. The van der Waals surface area contributed by atoms with Crippen LogP contribution >= 0.6 is 11.3 Å². The number of rotatable bonds is 2. The van der Waals surface area contributed by atoms with Crippen molar-refractivity contribution in [3.05, 3.63) is 53.7 Å². The number of hydrogen-bond donors (Lipinski definition) is 0. The van der Waals surface area contributed by atoms with Crippen LogP contribution < -0.4 is 0 Å². The molecule has 90 valence electrons. The minimum Gasteiger partial charge on any atom is -0.255 e. The Labute approximate surface area is 114 Å². The van der Waals surface area contributed by atoms with Gasteiger partial charge < -0.3 is 0 Å². The summed E-state index contributed by atoms with van der Waals surface area (Å²) >= 11 is 1.52. The first kappa shape index (κ1) is 11.5. The minimum absolute atomic E-state index is 0.513. The van der Waals surface area contributed by atoms with Crippen molar-refractivity contribution < 1.29 is 0 Å². The standard InChI is InChI=1S/C14H8N4S/c15-9-10-4-5-12(14-17-7-8-19-14)18-13(10)11-3-1-2-6-16-11/h1-8H. The van der Waals surface area contributed by atoms with Crippen molar-refractivity contribution in [3.8, 4) is 28.2 Å². The Hall–Kier alpha value is -2.58. The summed E-state index contributed by atoms with van der Waals surface area (Å²) in [5.41, 5.74) is 2.56. The smallest absolute Gasteiger partial charge is 0.141 e. The Bertz CT molecular complexity index is 730. The highest BCUT2D eigenvalue weighted by Crippen LogP contribution is 2.25. The van der Waals surface area contributed by atoms with E-state index in [2.05, 4.69) is 21.0 Å². The number of thiazole rings is 1. The van der Waals surface area contributed by atoms with Crippen LogP contribution in [0, 0.1) is 11.3 Å². The van der Waals surface area contributed by atoms with E-state index < -0.39 is 0 Å². The van der Waals surface area contributed by atoms with Crippen molar-refractivity contribution in [3.63, 3.8) is 0 Å². The largest absolute Gasteiger partial charge is 0.255 e. The average Bonchev–Trinajstić information content (AvgIpc) is 3.02. The van der Waals surface area contributed by atoms with Crippen molar-refractivity contribution in [2.24, 2.45) is 0 Å². The quantitative estimate of drug-likeness (QED) is 0.713. The zero-order valence-corrected chi connectivity index (χ0v) is 10.6. The van der Waals surface area contributed by atoms with Crippen LogP contribution in [-0.4, -0.2) is 15.0 Å². The second kappa shape index (κ2) is 4.96. The molecule has 3 aromatic rings. The highest BCUT2D eigenvalue weighted by atomic mass is 32.1. The van der Waals surface area contributed by atoms with Crippen LogP contribution in [0.15, 0.2) is 48.1 Å². The van der Waals surface area contributed by atoms with E-state index in [-0.39, 0.29) is 0 Å². The maximum absolute atomic E-state index is 9.17. The van der Waals surface area contributed by atoms with Crippen LogP contribution in [0.25, 0.3) is 22.1 Å². The highest BCUT2D eigenvalue weighted by Gasteiger charge is 2.11. The average molecular weight is 264 g/mol. The maximum Gasteiger partial charge on any atom is 0.141 e. The van der Waals surface area contributed by atoms with Gasteiger partial charge in [-0.1, -0.05) is 6.07 Å². The topological polar surface area (TPSA) is 62.5 Å². The lowest BCUT2D eigenvalue weighted by Gasteiger charge is -2.04. The van der Waals surface area contributed by atoms with Gasteiger partial charge in [0, 0.05) is 17.8 Å². The Kier molecular flexibility index (Phi) is 3.01. The van der Waals surface area contributed by atoms with Gasteiger partial charge in [0.2, 0.25) is 0 Å². The first-order chi connectivity index (χ1) is 9.38. The number of nitriles is 1. The van der Waals surface area contributed by atoms with Crippen molar-refractivity contribution in [1.29, 1.82) is 5.26 Å². The van der Waals surface area contributed by atoms with Crippen LogP contribution in [0.2, 0.25) is 0 Å². The summed E-state index contributed by atoms with van der Waals surface area (Å²) in [6, 6.07) is 11.3. The normalized spacial score (nSPS) is 10.1. The van der Waals surface area contributed by atoms with Crippen molar-refractivity contribution in [2.45, 2.75) is 0 Å². The lowest BCUT2D eigenvalue weighted by atomic mass is 10.1. The number of hydrogen-bond acceptors (Lipinski definition) is 5. The SMILES string of the molecule is N#Cc1ccc(-c2nccs2)nc1-c1ccccn1. The van der Waals surface area contributed by atoms with Gasteiger partial charge in [0.15, 0.2) is 0 Å². The molecular formula is C14H8N4S. The van der Waals surface area contributed by atoms with E-state index >= 15 is 0 Å². The molecule has 0 atom stereocenters. The van der Waals surface area contributed by atoms with Crippen molar-refractivity contribution in [1.82, 2.24) is 15.0 Å². The first-order valence-corrected chi connectivity index (χ1v) is 6.49. The van der Waals surface area contributed by atoms with Gasteiger partial charge >= 0.3 is 0 Å². The van der Waals surface area contributed by atoms with E-state index in [1.165, 1.54) is 11.3 Å². The molecule has 19 heavy (non-hydrogen) atoms. The van der Waals surface area contributed by atoms with Gasteiger partial charge in [-0.3, -0.25) is 4.98 Å². The molecule has 0 aliphatic rings. The first-order valence-electron chi connectivity index (χ1n) is 5.61. The molecule has 3 aromatic heterocycles. The second-order valence-corrected chi connectivity index (χ2v) is 4.65. The number of aromatic nitrogens is 3. The maximum atomic E-state index is 9.17. The molecular weight excluding hydrogens is 256 g/mol. The van der Waals surface area contributed by atoms with Crippen LogP contribution in [-0.2, 0) is 0 Å². The lowest BCUT2D eigenvalue weighted by Crippen LogP contribution is -1.93. The van der Waals surface area contributed by atoms with Gasteiger partial charge in [-0.05, 0) is 24.3 Å². The Balaban J connectivity index is 2.17. The number of pyridine rings is 2. The molecule has 0 amide bonds. The van der Waals surface area contributed by atoms with Gasteiger partial charge in [-0.2, -0.15) is 5.26 Å². The summed E-state index contributed by atoms with van der Waals surface area (Å²) < 4.78 is 0. The predicted molar refractivity (Wildman–Crippen MR) is 73.3 cm³/mol. The van der Waals surface area contributed by atoms with E-state index in [0.717, 1.165) is 10.7 Å². The fourth-order valence-corrected chi connectivity index (χ4v) is 2.32. The predicted octanol–water partition coefficient (Wildman–Crippen LogP) is 3.14. The van der Waals surface area contributed by atoms with Crippen LogP contribution in [0.5, 0.6) is 0 Å². The second-order valence-electron chi connectivity index (χ2n) is 3.76. The number of nitrogens with zero attached hydrogens (tertiary/aromatic N) is 4. The van der Waals surface area contributed by atoms with Gasteiger partial charge in [0.1, 0.15) is 16.8 Å². The van der Waals surface area contributed by atoms with Gasteiger partial charge in [-0.15, -0.1) is 11.3 Å². The Morgan fingerprint density at radius 3 is 2.63 bits per heavy atom. The van der Waals surface area contributed by atoms with Gasteiger partial charge in [0.25, 0.3) is 0 Å². The summed E-state index contributed by atoms with van der Waals surface area (Å²) in [5, 5.41) is 11.9. The molecule has 0 spiro atoms. The molecule has 3 heterocycles. The van der Waals surface area contributed by atoms with E-state index in [0.29, 0.717) is 17.0 Å². The van der Waals surface area contributed by atoms with E-state index in [1.807, 2.05) is 29.6 Å². The minimum atomic E-state index is 0.513. The van der Waals surface area contributed by atoms with Crippen molar-refractivity contribution >= 4 is 11.3 Å². The highest BCUT2D eigenvalue weighted by molar-refractivity contribution is 7.13. The van der Waals surface area contributed by atoms with Gasteiger partial charge in [0.05, 0.1) is 17.0 Å². The van der Waals surface area contributed by atoms with E-state index in [9.17, 15) is 5.26 Å².